The normalized spacial score (nSPS) is 9.36. The smallest absolute Gasteiger partial charge is 0.211 e. The van der Waals surface area contributed by atoms with Gasteiger partial charge in [0.15, 0.2) is 0 Å². The molecule has 0 saturated carbocycles. The number of hydrogen-bond donors (Lipinski definition) is 0. The Morgan fingerprint density at radius 1 is 0.727 bits per heavy atom. The molecule has 0 saturated heterocycles. The molecule has 0 bridgehead atoms. The molecule has 22 heavy (non-hydrogen) atoms. The maximum Gasteiger partial charge on any atom is 0.240 e. The van der Waals surface area contributed by atoms with Crippen LogP contribution in [0.5, 0.6) is 0 Å². The molecule has 0 aliphatic heterocycles. The molecule has 0 heterocycles. The first kappa shape index (κ1) is 15.9. The van der Waals surface area contributed by atoms with Gasteiger partial charge in [-0.05, 0) is 35.4 Å². The van der Waals surface area contributed by atoms with Crippen molar-refractivity contribution >= 4 is 52.3 Å². The van der Waals surface area contributed by atoms with E-state index < -0.39 is 0 Å². The first-order valence-electron chi connectivity index (χ1n) is 6.07. The van der Waals surface area contributed by atoms with E-state index in [4.69, 9.17) is 23.2 Å². The highest BCUT2D eigenvalue weighted by Gasteiger charge is 2.10. The van der Waals surface area contributed by atoms with Gasteiger partial charge in [-0.1, -0.05) is 47.5 Å². The topological polar surface area (TPSA) is 58.9 Å². The van der Waals surface area contributed by atoms with E-state index in [0.717, 1.165) is 11.1 Å². The van der Waals surface area contributed by atoms with Gasteiger partial charge in [0.05, 0.1) is 11.4 Å². The lowest BCUT2D eigenvalue weighted by Crippen LogP contribution is -1.88. The Hall–Kier alpha value is -2.48. The first-order chi connectivity index (χ1) is 10.7. The molecule has 108 valence electrons. The predicted molar refractivity (Wildman–Crippen MR) is 86.2 cm³/mol. The molecule has 0 aromatic heterocycles. The van der Waals surface area contributed by atoms with Gasteiger partial charge in [0, 0.05) is 5.57 Å². The quantitative estimate of drug-likeness (QED) is 0.596. The average Bonchev–Trinajstić information content (AvgIpc) is 2.51. The second-order valence-electron chi connectivity index (χ2n) is 4.14. The molecule has 0 atom stereocenters. The van der Waals surface area contributed by atoms with Gasteiger partial charge in [0.25, 0.3) is 0 Å². The molecule has 0 unspecified atom stereocenters. The van der Waals surface area contributed by atoms with Crippen LogP contribution in [0.1, 0.15) is 11.1 Å². The second-order valence-corrected chi connectivity index (χ2v) is 5.08. The Bertz CT molecular complexity index is 732. The molecule has 0 amide bonds. The number of carbonyl (C=O) groups excluding carboxylic acids is 2. The lowest BCUT2D eigenvalue weighted by molar-refractivity contribution is 0.564. The van der Waals surface area contributed by atoms with Crippen molar-refractivity contribution in [1.29, 1.82) is 0 Å². The van der Waals surface area contributed by atoms with E-state index in [1.165, 1.54) is 12.2 Å². The molecule has 0 aliphatic carbocycles. The van der Waals surface area contributed by atoms with Crippen LogP contribution < -0.4 is 0 Å². The van der Waals surface area contributed by atoms with Crippen LogP contribution in [0.25, 0.3) is 5.57 Å². The Labute approximate surface area is 136 Å². The van der Waals surface area contributed by atoms with Gasteiger partial charge in [-0.2, -0.15) is 9.98 Å². The van der Waals surface area contributed by atoms with Crippen LogP contribution in [0.3, 0.4) is 0 Å². The Balaban J connectivity index is 2.44. The summed E-state index contributed by atoms with van der Waals surface area (Å²) in [4.78, 5) is 27.5. The molecule has 0 aliphatic rings. The zero-order valence-electron chi connectivity index (χ0n) is 11.1. The van der Waals surface area contributed by atoms with Gasteiger partial charge >= 0.3 is 0 Å². The molecule has 4 nitrogen and oxygen atoms in total. The number of hydrogen-bond acceptors (Lipinski definition) is 4. The molecular weight excluding hydrogens is 323 g/mol. The molecule has 0 radical (unpaired) electrons. The van der Waals surface area contributed by atoms with E-state index in [1.807, 2.05) is 0 Å². The zero-order valence-corrected chi connectivity index (χ0v) is 12.6. The Morgan fingerprint density at radius 3 is 1.36 bits per heavy atom. The third-order valence-electron chi connectivity index (χ3n) is 2.85. The van der Waals surface area contributed by atoms with E-state index >= 15 is 0 Å². The van der Waals surface area contributed by atoms with E-state index in [1.54, 1.807) is 48.5 Å². The number of benzene rings is 2. The molecular formula is C16H8Cl2N2O2. The summed E-state index contributed by atoms with van der Waals surface area (Å²) in [5, 5.41) is 0. The fourth-order valence-electron chi connectivity index (χ4n) is 1.90. The first-order valence-corrected chi connectivity index (χ1v) is 6.83. The van der Waals surface area contributed by atoms with Crippen molar-refractivity contribution in [2.24, 2.45) is 9.98 Å². The minimum absolute atomic E-state index is 0.0956. The lowest BCUT2D eigenvalue weighted by atomic mass is 9.99. The maximum absolute atomic E-state index is 10.2. The monoisotopic (exact) mass is 330 g/mol. The molecule has 0 N–H and O–H groups in total. The second kappa shape index (κ2) is 7.51. The van der Waals surface area contributed by atoms with Gasteiger partial charge < -0.3 is 0 Å². The highest BCUT2D eigenvalue weighted by molar-refractivity contribution is 6.59. The van der Waals surface area contributed by atoms with Crippen molar-refractivity contribution in [3.05, 3.63) is 64.1 Å². The largest absolute Gasteiger partial charge is 0.240 e. The summed E-state index contributed by atoms with van der Waals surface area (Å²) in [6.45, 7) is 0. The summed E-state index contributed by atoms with van der Waals surface area (Å²) in [5.41, 5.74) is 3.11. The van der Waals surface area contributed by atoms with E-state index in [0.29, 0.717) is 16.9 Å². The van der Waals surface area contributed by atoms with Crippen molar-refractivity contribution in [2.45, 2.75) is 0 Å². The number of halogens is 2. The number of nitrogens with zero attached hydrogens (tertiary/aromatic N) is 2. The molecule has 0 fully saturated rings. The van der Waals surface area contributed by atoms with Gasteiger partial charge in [0.1, 0.15) is 4.49 Å². The summed E-state index contributed by atoms with van der Waals surface area (Å²) in [7, 11) is 0. The van der Waals surface area contributed by atoms with Crippen molar-refractivity contribution < 1.29 is 9.59 Å². The summed E-state index contributed by atoms with van der Waals surface area (Å²) in [6, 6.07) is 13.6. The van der Waals surface area contributed by atoms with E-state index in [2.05, 4.69) is 9.98 Å². The standard InChI is InChI=1S/C16H8Cl2N2O2/c17-16(18)15(11-1-5-13(6-2-11)19-9-21)12-3-7-14(8-4-12)20-10-22/h1-8H. The van der Waals surface area contributed by atoms with Crippen molar-refractivity contribution in [3.63, 3.8) is 0 Å². The SMILES string of the molecule is O=C=Nc1ccc(C(=C(Cl)Cl)c2ccc(N=C=O)cc2)cc1. The van der Waals surface area contributed by atoms with Crippen molar-refractivity contribution in [1.82, 2.24) is 0 Å². The van der Waals surface area contributed by atoms with Crippen LogP contribution in [0.4, 0.5) is 11.4 Å². The van der Waals surface area contributed by atoms with Crippen LogP contribution in [0, 0.1) is 0 Å². The summed E-state index contributed by atoms with van der Waals surface area (Å²) in [6.07, 6.45) is 2.95. The van der Waals surface area contributed by atoms with Crippen molar-refractivity contribution in [2.75, 3.05) is 0 Å². The average molecular weight is 331 g/mol. The summed E-state index contributed by atoms with van der Waals surface area (Å²) in [5.74, 6) is 0. The van der Waals surface area contributed by atoms with Crippen LogP contribution in [-0.4, -0.2) is 12.2 Å². The fraction of sp³-hybridized carbons (Fsp3) is 0. The van der Waals surface area contributed by atoms with Gasteiger partial charge in [-0.25, -0.2) is 9.59 Å². The highest BCUT2D eigenvalue weighted by atomic mass is 35.5. The van der Waals surface area contributed by atoms with Crippen LogP contribution in [-0.2, 0) is 9.59 Å². The van der Waals surface area contributed by atoms with Crippen LogP contribution in [0.15, 0.2) is 63.0 Å². The van der Waals surface area contributed by atoms with Gasteiger partial charge in [0.2, 0.25) is 12.2 Å². The molecule has 2 rings (SSSR count). The highest BCUT2D eigenvalue weighted by Crippen LogP contribution is 2.32. The minimum atomic E-state index is 0.0956. The van der Waals surface area contributed by atoms with Crippen LogP contribution in [0.2, 0.25) is 0 Å². The van der Waals surface area contributed by atoms with E-state index in [9.17, 15) is 9.59 Å². The minimum Gasteiger partial charge on any atom is -0.211 e. The Morgan fingerprint density at radius 2 is 1.09 bits per heavy atom. The molecule has 2 aromatic carbocycles. The number of aliphatic imine (C=N–C) groups is 2. The van der Waals surface area contributed by atoms with Crippen LogP contribution >= 0.6 is 23.2 Å². The van der Waals surface area contributed by atoms with Crippen molar-refractivity contribution in [3.8, 4) is 0 Å². The van der Waals surface area contributed by atoms with E-state index in [-0.39, 0.29) is 4.49 Å². The lowest BCUT2D eigenvalue weighted by Gasteiger charge is -2.09. The predicted octanol–water partition coefficient (Wildman–Crippen LogP) is 4.82. The third-order valence-corrected chi connectivity index (χ3v) is 3.23. The molecule has 2 aromatic rings. The fourth-order valence-corrected chi connectivity index (χ4v) is 2.33. The molecule has 6 heteroatoms. The maximum atomic E-state index is 10.2. The molecule has 0 spiro atoms. The number of rotatable bonds is 4. The number of isocyanates is 2. The Kier molecular flexibility index (Phi) is 5.42. The van der Waals surface area contributed by atoms with Gasteiger partial charge in [-0.15, -0.1) is 0 Å². The third kappa shape index (κ3) is 3.79. The van der Waals surface area contributed by atoms with Gasteiger partial charge in [-0.3, -0.25) is 0 Å². The summed E-state index contributed by atoms with van der Waals surface area (Å²) < 4.78 is 0.0956. The summed E-state index contributed by atoms with van der Waals surface area (Å²) >= 11 is 12.0. The zero-order chi connectivity index (χ0) is 15.9.